The van der Waals surface area contributed by atoms with Crippen LogP contribution in [0.3, 0.4) is 0 Å². The van der Waals surface area contributed by atoms with Crippen LogP contribution in [0.5, 0.6) is 5.75 Å². The van der Waals surface area contributed by atoms with E-state index in [1.54, 1.807) is 18.3 Å². The van der Waals surface area contributed by atoms with Crippen LogP contribution in [0.1, 0.15) is 26.3 Å². The number of aromatic hydroxyl groups is 1. The molecule has 0 amide bonds. The van der Waals surface area contributed by atoms with Crippen molar-refractivity contribution in [2.75, 3.05) is 0 Å². The van der Waals surface area contributed by atoms with E-state index in [9.17, 15) is 5.11 Å². The summed E-state index contributed by atoms with van der Waals surface area (Å²) in [4.78, 5) is 0. The van der Waals surface area contributed by atoms with Crippen LogP contribution in [-0.4, -0.2) is 16.9 Å². The minimum atomic E-state index is -0.0713. The standard InChI is InChI=1S/C11H15BrN2O.ClH/c1-11(2,3)14-13-7-8-6-9(12)4-5-10(8)15;/h4-7,14-15H,1-3H3;1H/b13-7+;. The van der Waals surface area contributed by atoms with Gasteiger partial charge in [0.2, 0.25) is 0 Å². The van der Waals surface area contributed by atoms with Gasteiger partial charge in [0, 0.05) is 15.6 Å². The fourth-order valence-electron chi connectivity index (χ4n) is 0.924. The van der Waals surface area contributed by atoms with Gasteiger partial charge in [0.1, 0.15) is 5.75 Å². The first-order valence-corrected chi connectivity index (χ1v) is 5.46. The van der Waals surface area contributed by atoms with Crippen molar-refractivity contribution < 1.29 is 5.11 Å². The lowest BCUT2D eigenvalue weighted by Gasteiger charge is -2.17. The zero-order valence-electron chi connectivity index (χ0n) is 9.49. The highest BCUT2D eigenvalue weighted by Crippen LogP contribution is 2.19. The van der Waals surface area contributed by atoms with Gasteiger partial charge in [0.15, 0.2) is 0 Å². The fraction of sp³-hybridized carbons (Fsp3) is 0.364. The van der Waals surface area contributed by atoms with Gasteiger partial charge in [0.25, 0.3) is 0 Å². The molecule has 5 heteroatoms. The highest BCUT2D eigenvalue weighted by molar-refractivity contribution is 9.10. The summed E-state index contributed by atoms with van der Waals surface area (Å²) in [7, 11) is 0. The van der Waals surface area contributed by atoms with E-state index in [0.717, 1.165) is 4.47 Å². The number of nitrogens with one attached hydrogen (secondary N) is 1. The normalized spacial score (nSPS) is 11.2. The lowest BCUT2D eigenvalue weighted by atomic mass is 10.1. The Morgan fingerprint density at radius 1 is 1.38 bits per heavy atom. The SMILES string of the molecule is CC(C)(C)N/N=C/c1cc(Br)ccc1O.Cl. The maximum absolute atomic E-state index is 9.52. The first-order valence-electron chi connectivity index (χ1n) is 4.67. The average Bonchev–Trinajstić information content (AvgIpc) is 2.09. The Kier molecular flexibility index (Phi) is 5.83. The third kappa shape index (κ3) is 5.37. The molecule has 0 saturated heterocycles. The molecule has 1 aromatic rings. The number of hydrogen-bond donors (Lipinski definition) is 2. The Hall–Kier alpha value is -0.740. The quantitative estimate of drug-likeness (QED) is 0.650. The van der Waals surface area contributed by atoms with Crippen molar-refractivity contribution in [3.05, 3.63) is 28.2 Å². The molecular formula is C11H16BrClN2O. The lowest BCUT2D eigenvalue weighted by molar-refractivity contribution is 0.441. The Morgan fingerprint density at radius 2 is 2.00 bits per heavy atom. The van der Waals surface area contributed by atoms with Crippen LogP contribution < -0.4 is 5.43 Å². The maximum atomic E-state index is 9.52. The number of hydrogen-bond acceptors (Lipinski definition) is 3. The predicted octanol–water partition coefficient (Wildman–Crippen LogP) is 3.30. The topological polar surface area (TPSA) is 44.6 Å². The van der Waals surface area contributed by atoms with Gasteiger partial charge in [-0.25, -0.2) is 0 Å². The molecule has 0 radical (unpaired) electrons. The zero-order chi connectivity index (χ0) is 11.5. The largest absolute Gasteiger partial charge is 0.507 e. The van der Waals surface area contributed by atoms with E-state index in [-0.39, 0.29) is 23.7 Å². The van der Waals surface area contributed by atoms with Gasteiger partial charge < -0.3 is 10.5 Å². The Morgan fingerprint density at radius 3 is 2.56 bits per heavy atom. The summed E-state index contributed by atoms with van der Waals surface area (Å²) in [6, 6.07) is 5.22. The van der Waals surface area contributed by atoms with Crippen molar-refractivity contribution in [2.24, 2.45) is 5.10 Å². The zero-order valence-corrected chi connectivity index (χ0v) is 11.9. The Balaban J connectivity index is 0.00000225. The molecule has 0 aliphatic heterocycles. The van der Waals surface area contributed by atoms with Crippen molar-refractivity contribution in [3.63, 3.8) is 0 Å². The van der Waals surface area contributed by atoms with E-state index in [0.29, 0.717) is 5.56 Å². The minimum absolute atomic E-state index is 0. The number of phenols is 1. The van der Waals surface area contributed by atoms with E-state index in [2.05, 4.69) is 26.5 Å². The minimum Gasteiger partial charge on any atom is -0.507 e. The van der Waals surface area contributed by atoms with Crippen LogP contribution in [0.25, 0.3) is 0 Å². The number of halogens is 2. The van der Waals surface area contributed by atoms with Crippen LogP contribution >= 0.6 is 28.3 Å². The van der Waals surface area contributed by atoms with E-state index in [4.69, 9.17) is 0 Å². The van der Waals surface area contributed by atoms with E-state index in [1.165, 1.54) is 0 Å². The molecule has 0 aliphatic rings. The highest BCUT2D eigenvalue weighted by atomic mass is 79.9. The molecule has 0 heterocycles. The first kappa shape index (κ1) is 15.3. The van der Waals surface area contributed by atoms with Gasteiger partial charge >= 0.3 is 0 Å². The van der Waals surface area contributed by atoms with Crippen molar-refractivity contribution in [1.82, 2.24) is 5.43 Å². The summed E-state index contributed by atoms with van der Waals surface area (Å²) in [5.41, 5.74) is 3.57. The molecule has 1 rings (SSSR count). The van der Waals surface area contributed by atoms with Crippen LogP contribution in [0.2, 0.25) is 0 Å². The monoisotopic (exact) mass is 306 g/mol. The number of phenolic OH excluding ortho intramolecular Hbond substituents is 1. The number of rotatable bonds is 2. The summed E-state index contributed by atoms with van der Waals surface area (Å²) in [6.45, 7) is 6.06. The van der Waals surface area contributed by atoms with Gasteiger partial charge in [-0.3, -0.25) is 0 Å². The number of nitrogens with zero attached hydrogens (tertiary/aromatic N) is 1. The molecule has 0 bridgehead atoms. The van der Waals surface area contributed by atoms with Crippen LogP contribution in [0, 0.1) is 0 Å². The number of benzene rings is 1. The van der Waals surface area contributed by atoms with Crippen molar-refractivity contribution in [1.29, 1.82) is 0 Å². The second-order valence-electron chi connectivity index (χ2n) is 4.32. The second-order valence-corrected chi connectivity index (χ2v) is 5.24. The van der Waals surface area contributed by atoms with E-state index < -0.39 is 0 Å². The average molecular weight is 308 g/mol. The molecule has 1 aromatic carbocycles. The van der Waals surface area contributed by atoms with Gasteiger partial charge in [-0.15, -0.1) is 12.4 Å². The van der Waals surface area contributed by atoms with Gasteiger partial charge in [0.05, 0.1) is 6.21 Å². The van der Waals surface area contributed by atoms with Crippen LogP contribution in [0.15, 0.2) is 27.8 Å². The third-order valence-corrected chi connectivity index (χ3v) is 2.09. The molecule has 0 fully saturated rings. The fourth-order valence-corrected chi connectivity index (χ4v) is 1.30. The highest BCUT2D eigenvalue weighted by Gasteiger charge is 2.06. The summed E-state index contributed by atoms with van der Waals surface area (Å²) >= 11 is 3.33. The maximum Gasteiger partial charge on any atom is 0.124 e. The molecule has 0 aliphatic carbocycles. The molecule has 90 valence electrons. The van der Waals surface area contributed by atoms with Crippen molar-refractivity contribution in [2.45, 2.75) is 26.3 Å². The lowest BCUT2D eigenvalue weighted by Crippen LogP contribution is -2.31. The molecule has 0 aromatic heterocycles. The number of hydrazone groups is 1. The molecule has 16 heavy (non-hydrogen) atoms. The summed E-state index contributed by atoms with van der Waals surface area (Å²) < 4.78 is 0.914. The van der Waals surface area contributed by atoms with E-state index >= 15 is 0 Å². The smallest absolute Gasteiger partial charge is 0.124 e. The predicted molar refractivity (Wildman–Crippen MR) is 73.5 cm³/mol. The second kappa shape index (κ2) is 6.11. The third-order valence-electron chi connectivity index (χ3n) is 1.59. The molecule has 0 atom stereocenters. The van der Waals surface area contributed by atoms with Crippen molar-refractivity contribution >= 4 is 34.6 Å². The molecular weight excluding hydrogens is 291 g/mol. The molecule has 0 spiro atoms. The summed E-state index contributed by atoms with van der Waals surface area (Å²) in [6.07, 6.45) is 1.60. The first-order chi connectivity index (χ1) is 6.88. The Labute approximate surface area is 110 Å². The van der Waals surface area contributed by atoms with Gasteiger partial charge in [-0.2, -0.15) is 5.10 Å². The molecule has 0 saturated carbocycles. The van der Waals surface area contributed by atoms with Crippen LogP contribution in [0.4, 0.5) is 0 Å². The van der Waals surface area contributed by atoms with Crippen LogP contribution in [-0.2, 0) is 0 Å². The van der Waals surface area contributed by atoms with Gasteiger partial charge in [-0.05, 0) is 39.0 Å². The van der Waals surface area contributed by atoms with Crippen molar-refractivity contribution in [3.8, 4) is 5.75 Å². The Bertz CT molecular complexity index is 375. The molecule has 0 unspecified atom stereocenters. The summed E-state index contributed by atoms with van der Waals surface area (Å²) in [5.74, 6) is 0.220. The summed E-state index contributed by atoms with van der Waals surface area (Å²) in [5, 5.41) is 13.6. The molecule has 2 N–H and O–H groups in total. The van der Waals surface area contributed by atoms with E-state index in [1.807, 2.05) is 26.8 Å². The molecule has 3 nitrogen and oxygen atoms in total. The van der Waals surface area contributed by atoms with Gasteiger partial charge in [-0.1, -0.05) is 15.9 Å².